The van der Waals surface area contributed by atoms with Crippen molar-refractivity contribution in [1.82, 2.24) is 15.2 Å². The quantitative estimate of drug-likeness (QED) is 0.261. The van der Waals surface area contributed by atoms with Gasteiger partial charge in [0, 0.05) is 16.9 Å². The number of carboxylic acid groups (broad SMARTS) is 1. The lowest BCUT2D eigenvalue weighted by atomic mass is 10.0. The molecule has 2 aromatic rings. The summed E-state index contributed by atoms with van der Waals surface area (Å²) in [7, 11) is -2.95. The number of nitrogens with two attached hydrogens (primary N) is 1. The van der Waals surface area contributed by atoms with Gasteiger partial charge in [-0.25, -0.2) is 4.98 Å². The van der Waals surface area contributed by atoms with Gasteiger partial charge in [-0.15, -0.1) is 23.1 Å². The number of aliphatic carboxylic acids is 1. The van der Waals surface area contributed by atoms with Gasteiger partial charge in [-0.05, 0) is 17.7 Å². The van der Waals surface area contributed by atoms with Crippen LogP contribution in [0, 0.1) is 0 Å². The number of nitrogen functional groups attached to an aromatic ring is 1. The summed E-state index contributed by atoms with van der Waals surface area (Å²) in [5, 5.41) is 17.9. The van der Waals surface area contributed by atoms with E-state index in [1.165, 1.54) is 29.5 Å². The fraction of sp³-hybridized carbons (Fsp3) is 0.263. The van der Waals surface area contributed by atoms with Crippen LogP contribution in [0.15, 0.2) is 44.6 Å². The van der Waals surface area contributed by atoms with E-state index in [0.717, 1.165) is 28.0 Å². The second-order valence-corrected chi connectivity index (χ2v) is 9.70. The third-order valence-electron chi connectivity index (χ3n) is 4.74. The van der Waals surface area contributed by atoms with E-state index >= 15 is 0 Å². The molecular formula is C19H16N5O7S3-. The SMILES string of the molecule is [2H]C([2H])([2H])O/N=C(\C(=O)N[C@@H]1C(=O)N2C(C(=O)[O-])=C(CSC(=O)c3ccco3)CS[C@H]12)c1csc(N)n1. The summed E-state index contributed by atoms with van der Waals surface area (Å²) in [4.78, 5) is 59.2. The first kappa shape index (κ1) is 20.1. The highest BCUT2D eigenvalue weighted by Gasteiger charge is 2.53. The fourth-order valence-corrected chi connectivity index (χ4v) is 6.08. The number of thioether (sulfide) groups is 2. The number of nitrogens with zero attached hydrogens (tertiary/aromatic N) is 3. The van der Waals surface area contributed by atoms with Gasteiger partial charge in [0.1, 0.15) is 24.1 Å². The normalized spacial score (nSPS) is 21.6. The Morgan fingerprint density at radius 2 is 2.35 bits per heavy atom. The summed E-state index contributed by atoms with van der Waals surface area (Å²) >= 11 is 2.96. The Hall–Kier alpha value is -3.30. The molecule has 0 spiro atoms. The Balaban J connectivity index is 1.49. The molecule has 0 unspecified atom stereocenters. The van der Waals surface area contributed by atoms with Crippen LogP contribution in [-0.4, -0.2) is 68.5 Å². The Morgan fingerprint density at radius 1 is 1.53 bits per heavy atom. The number of rotatable bonds is 8. The van der Waals surface area contributed by atoms with Crippen molar-refractivity contribution >= 4 is 68.6 Å². The van der Waals surface area contributed by atoms with Crippen LogP contribution in [0.3, 0.4) is 0 Å². The predicted molar refractivity (Wildman–Crippen MR) is 123 cm³/mol. The van der Waals surface area contributed by atoms with Crippen LogP contribution in [0.4, 0.5) is 5.13 Å². The molecule has 2 atom stereocenters. The molecule has 0 bridgehead atoms. The molecular weight excluding hydrogens is 506 g/mol. The average Bonchev–Trinajstić information content (AvgIpc) is 3.52. The molecule has 178 valence electrons. The maximum atomic E-state index is 12.9. The number of β-lactam (4-membered cyclic amide) rings is 1. The number of carbonyl (C=O) groups is 4. The molecule has 0 radical (unpaired) electrons. The third-order valence-corrected chi connectivity index (χ3v) is 7.71. The maximum Gasteiger partial charge on any atom is 0.276 e. The summed E-state index contributed by atoms with van der Waals surface area (Å²) in [6, 6.07) is 1.87. The largest absolute Gasteiger partial charge is 0.543 e. The highest BCUT2D eigenvalue weighted by atomic mass is 32.2. The number of anilines is 1. The lowest BCUT2D eigenvalue weighted by molar-refractivity contribution is -0.301. The van der Waals surface area contributed by atoms with Crippen LogP contribution in [-0.2, 0) is 19.2 Å². The molecule has 3 N–H and O–H groups in total. The van der Waals surface area contributed by atoms with Crippen molar-refractivity contribution in [2.24, 2.45) is 5.16 Å². The fourth-order valence-electron chi connectivity index (χ4n) is 3.26. The molecule has 4 heterocycles. The third kappa shape index (κ3) is 4.53. The lowest BCUT2D eigenvalue weighted by Crippen LogP contribution is -2.71. The number of hydrogen-bond donors (Lipinski definition) is 2. The Morgan fingerprint density at radius 3 is 3.00 bits per heavy atom. The molecule has 2 aliphatic heterocycles. The minimum Gasteiger partial charge on any atom is -0.543 e. The van der Waals surface area contributed by atoms with Gasteiger partial charge in [0.2, 0.25) is 0 Å². The number of carbonyl (C=O) groups excluding carboxylic acids is 4. The molecule has 2 amide bonds. The first-order valence-electron chi connectivity index (χ1n) is 10.8. The van der Waals surface area contributed by atoms with E-state index in [2.05, 4.69) is 20.3 Å². The van der Waals surface area contributed by atoms with Gasteiger partial charge in [-0.3, -0.25) is 19.3 Å². The molecule has 1 saturated heterocycles. The second-order valence-electron chi connectivity index (χ2n) is 6.76. The van der Waals surface area contributed by atoms with E-state index in [0.29, 0.717) is 5.57 Å². The van der Waals surface area contributed by atoms with Crippen LogP contribution in [0.5, 0.6) is 0 Å². The van der Waals surface area contributed by atoms with Gasteiger partial charge in [0.05, 0.1) is 22.0 Å². The van der Waals surface area contributed by atoms with E-state index < -0.39 is 47.1 Å². The number of oxime groups is 1. The number of fused-ring (bicyclic) bond motifs is 1. The molecule has 0 aliphatic carbocycles. The number of hydrogen-bond acceptors (Lipinski definition) is 13. The summed E-state index contributed by atoms with van der Waals surface area (Å²) in [6.07, 6.45) is 1.34. The van der Waals surface area contributed by atoms with Gasteiger partial charge in [0.15, 0.2) is 16.6 Å². The lowest BCUT2D eigenvalue weighted by Gasteiger charge is -2.50. The van der Waals surface area contributed by atoms with E-state index in [1.54, 1.807) is 6.07 Å². The summed E-state index contributed by atoms with van der Waals surface area (Å²) < 4.78 is 26.4. The molecule has 34 heavy (non-hydrogen) atoms. The molecule has 4 rings (SSSR count). The number of thiazole rings is 1. The minimum atomic E-state index is -2.95. The average molecular weight is 526 g/mol. The van der Waals surface area contributed by atoms with Gasteiger partial charge < -0.3 is 30.2 Å². The molecule has 15 heteroatoms. The van der Waals surface area contributed by atoms with Crippen LogP contribution in [0.2, 0.25) is 0 Å². The first-order chi connectivity index (χ1) is 17.5. The maximum absolute atomic E-state index is 12.9. The van der Waals surface area contributed by atoms with Crippen molar-refractivity contribution in [3.05, 3.63) is 46.5 Å². The van der Waals surface area contributed by atoms with Crippen molar-refractivity contribution in [3.63, 3.8) is 0 Å². The van der Waals surface area contributed by atoms with E-state index in [9.17, 15) is 24.3 Å². The van der Waals surface area contributed by atoms with E-state index in [1.807, 2.05) is 0 Å². The molecule has 2 aromatic heterocycles. The molecule has 0 saturated carbocycles. The van der Waals surface area contributed by atoms with Crippen molar-refractivity contribution in [3.8, 4) is 0 Å². The summed E-state index contributed by atoms with van der Waals surface area (Å²) in [6.45, 7) is 0. The molecule has 2 aliphatic rings. The van der Waals surface area contributed by atoms with Gasteiger partial charge in [-0.2, -0.15) is 0 Å². The monoisotopic (exact) mass is 525 g/mol. The highest BCUT2D eigenvalue weighted by molar-refractivity contribution is 8.14. The molecule has 1 fully saturated rings. The Kier molecular flexibility index (Phi) is 5.86. The first-order valence-corrected chi connectivity index (χ1v) is 12.2. The molecule has 12 nitrogen and oxygen atoms in total. The number of amides is 2. The van der Waals surface area contributed by atoms with Gasteiger partial charge in [0.25, 0.3) is 16.9 Å². The van der Waals surface area contributed by atoms with E-state index in [-0.39, 0.29) is 33.8 Å². The van der Waals surface area contributed by atoms with Crippen molar-refractivity contribution < 1.29 is 37.7 Å². The van der Waals surface area contributed by atoms with Crippen LogP contribution >= 0.6 is 34.9 Å². The zero-order valence-corrected chi connectivity index (χ0v) is 19.3. The van der Waals surface area contributed by atoms with Crippen LogP contribution < -0.4 is 16.2 Å². The van der Waals surface area contributed by atoms with Gasteiger partial charge >= 0.3 is 0 Å². The smallest absolute Gasteiger partial charge is 0.276 e. The summed E-state index contributed by atoms with van der Waals surface area (Å²) in [5.41, 5.74) is 4.92. The Bertz CT molecular complexity index is 1310. The van der Waals surface area contributed by atoms with Crippen molar-refractivity contribution in [2.45, 2.75) is 11.4 Å². The number of furan rings is 1. The number of carboxylic acids is 1. The minimum absolute atomic E-state index is 0.0160. The zero-order chi connectivity index (χ0) is 26.9. The Labute approximate surface area is 208 Å². The molecule has 0 aromatic carbocycles. The summed E-state index contributed by atoms with van der Waals surface area (Å²) in [5.74, 6) is -3.08. The highest BCUT2D eigenvalue weighted by Crippen LogP contribution is 2.41. The second kappa shape index (κ2) is 9.90. The number of nitrogens with one attached hydrogen (secondary N) is 1. The predicted octanol–water partition coefficient (Wildman–Crippen LogP) is -0.354. The van der Waals surface area contributed by atoms with Crippen molar-refractivity contribution in [1.29, 1.82) is 0 Å². The standard InChI is InChI=1S/C19H17N5O7S3/c1-30-23-11(9-7-34-19(20)21-9)14(25)22-12-15(26)24-13(17(27)28)8(5-32-16(12)24)6-33-18(29)10-3-2-4-31-10/h2-4,7,12,16H,5-6H2,1H3,(H2,20,21)(H,22,25)(H,27,28)/p-1/b23-11-/t12-,16-/m1/s1/i1D3. The zero-order valence-electron chi connectivity index (χ0n) is 19.9. The van der Waals surface area contributed by atoms with Crippen molar-refractivity contribution in [2.75, 3.05) is 24.3 Å². The van der Waals surface area contributed by atoms with Crippen LogP contribution in [0.25, 0.3) is 0 Å². The van der Waals surface area contributed by atoms with E-state index in [4.69, 9.17) is 14.3 Å². The number of aromatic nitrogens is 1. The topological polar surface area (TPSA) is 180 Å². The van der Waals surface area contributed by atoms with Gasteiger partial charge in [-0.1, -0.05) is 16.9 Å². The van der Waals surface area contributed by atoms with Crippen LogP contribution in [0.1, 0.15) is 20.4 Å².